The molecular weight excluding hydrogens is 309 g/mol. The van der Waals surface area contributed by atoms with E-state index in [0.717, 1.165) is 25.0 Å². The van der Waals surface area contributed by atoms with E-state index in [4.69, 9.17) is 11.6 Å². The fraction of sp³-hybridized carbons (Fsp3) is 0.462. The summed E-state index contributed by atoms with van der Waals surface area (Å²) in [5.74, 6) is -2.05. The molecular formula is C13H16Cl2F2N2O. The number of nitrogens with one attached hydrogen (secondary N) is 1. The van der Waals surface area contributed by atoms with Crippen LogP contribution in [0.1, 0.15) is 23.2 Å². The molecule has 1 saturated heterocycles. The molecule has 0 radical (unpaired) electrons. The van der Waals surface area contributed by atoms with E-state index in [1.165, 1.54) is 0 Å². The highest BCUT2D eigenvalue weighted by Crippen LogP contribution is 2.24. The number of halogens is 4. The summed E-state index contributed by atoms with van der Waals surface area (Å²) in [6, 6.07) is 1.73. The number of likely N-dealkylation sites (tertiary alicyclic amines) is 1. The Morgan fingerprint density at radius 3 is 2.80 bits per heavy atom. The van der Waals surface area contributed by atoms with Gasteiger partial charge in [0.1, 0.15) is 11.6 Å². The maximum absolute atomic E-state index is 13.7. The summed E-state index contributed by atoms with van der Waals surface area (Å²) in [7, 11) is 1.80. The lowest BCUT2D eigenvalue weighted by atomic mass is 10.1. The van der Waals surface area contributed by atoms with E-state index in [1.54, 1.807) is 11.9 Å². The number of hydrogen-bond donors (Lipinski definition) is 1. The molecule has 0 saturated carbocycles. The summed E-state index contributed by atoms with van der Waals surface area (Å²) in [6.07, 6.45) is 1.74. The molecule has 3 nitrogen and oxygen atoms in total. The van der Waals surface area contributed by atoms with Crippen LogP contribution in [-0.2, 0) is 0 Å². The SMILES string of the molecule is CNCC1CCCN1C(=O)c1cc(F)c(Cl)cc1F.Cl. The first-order chi connectivity index (χ1) is 9.04. The molecule has 0 bridgehead atoms. The molecule has 20 heavy (non-hydrogen) atoms. The van der Waals surface area contributed by atoms with E-state index in [9.17, 15) is 13.6 Å². The minimum Gasteiger partial charge on any atom is -0.334 e. The Morgan fingerprint density at radius 1 is 1.45 bits per heavy atom. The number of hydrogen-bond acceptors (Lipinski definition) is 2. The topological polar surface area (TPSA) is 32.3 Å². The lowest BCUT2D eigenvalue weighted by molar-refractivity contribution is 0.0732. The summed E-state index contributed by atoms with van der Waals surface area (Å²) in [5, 5.41) is 2.68. The summed E-state index contributed by atoms with van der Waals surface area (Å²) < 4.78 is 27.1. The van der Waals surface area contributed by atoms with Crippen molar-refractivity contribution in [2.45, 2.75) is 18.9 Å². The minimum atomic E-state index is -0.786. The van der Waals surface area contributed by atoms with Crippen LogP contribution in [-0.4, -0.2) is 37.0 Å². The highest BCUT2D eigenvalue weighted by atomic mass is 35.5. The summed E-state index contributed by atoms with van der Waals surface area (Å²) in [6.45, 7) is 1.21. The number of rotatable bonds is 3. The van der Waals surface area contributed by atoms with Gasteiger partial charge in [0.15, 0.2) is 0 Å². The Bertz CT molecular complexity index is 500. The van der Waals surface area contributed by atoms with E-state index in [1.807, 2.05) is 0 Å². The number of likely N-dealkylation sites (N-methyl/N-ethyl adjacent to an activating group) is 1. The van der Waals surface area contributed by atoms with Crippen molar-refractivity contribution in [3.63, 3.8) is 0 Å². The maximum atomic E-state index is 13.7. The molecule has 2 rings (SSSR count). The molecule has 1 amide bonds. The fourth-order valence-electron chi connectivity index (χ4n) is 2.39. The van der Waals surface area contributed by atoms with Crippen LogP contribution in [0.3, 0.4) is 0 Å². The van der Waals surface area contributed by atoms with Gasteiger partial charge in [-0.1, -0.05) is 11.6 Å². The van der Waals surface area contributed by atoms with Crippen molar-refractivity contribution in [3.05, 3.63) is 34.4 Å². The second-order valence-electron chi connectivity index (χ2n) is 4.60. The molecule has 1 fully saturated rings. The van der Waals surface area contributed by atoms with Crippen molar-refractivity contribution in [1.82, 2.24) is 10.2 Å². The van der Waals surface area contributed by atoms with Crippen LogP contribution in [0, 0.1) is 11.6 Å². The third-order valence-corrected chi connectivity index (χ3v) is 3.61. The van der Waals surface area contributed by atoms with Gasteiger partial charge in [0, 0.05) is 19.1 Å². The Morgan fingerprint density at radius 2 is 2.15 bits per heavy atom. The van der Waals surface area contributed by atoms with Crippen molar-refractivity contribution in [2.24, 2.45) is 0 Å². The van der Waals surface area contributed by atoms with Crippen LogP contribution in [0.2, 0.25) is 5.02 Å². The number of nitrogens with zero attached hydrogens (tertiary/aromatic N) is 1. The Hall–Kier alpha value is -0.910. The zero-order chi connectivity index (χ0) is 14.0. The van der Waals surface area contributed by atoms with Gasteiger partial charge in [-0.15, -0.1) is 12.4 Å². The molecule has 0 aliphatic carbocycles. The van der Waals surface area contributed by atoms with Gasteiger partial charge in [-0.3, -0.25) is 4.79 Å². The third kappa shape index (κ3) is 3.40. The van der Waals surface area contributed by atoms with E-state index >= 15 is 0 Å². The first-order valence-electron chi connectivity index (χ1n) is 6.14. The molecule has 1 unspecified atom stereocenters. The van der Waals surface area contributed by atoms with Gasteiger partial charge in [0.2, 0.25) is 0 Å². The highest BCUT2D eigenvalue weighted by molar-refractivity contribution is 6.30. The summed E-state index contributed by atoms with van der Waals surface area (Å²) >= 11 is 5.48. The predicted molar refractivity (Wildman–Crippen MR) is 76.6 cm³/mol. The number of amides is 1. The smallest absolute Gasteiger partial charge is 0.257 e. The summed E-state index contributed by atoms with van der Waals surface area (Å²) in [4.78, 5) is 13.9. The van der Waals surface area contributed by atoms with Gasteiger partial charge >= 0.3 is 0 Å². The van der Waals surface area contributed by atoms with Crippen LogP contribution in [0.15, 0.2) is 12.1 Å². The average molecular weight is 325 g/mol. The molecule has 1 aromatic carbocycles. The Kier molecular flexibility index (Phi) is 6.17. The maximum Gasteiger partial charge on any atom is 0.257 e. The van der Waals surface area contributed by atoms with E-state index < -0.39 is 17.5 Å². The normalized spacial score (nSPS) is 18.0. The lowest BCUT2D eigenvalue weighted by Crippen LogP contribution is -2.41. The second kappa shape index (κ2) is 7.20. The van der Waals surface area contributed by atoms with Crippen LogP contribution in [0.5, 0.6) is 0 Å². The molecule has 1 N–H and O–H groups in total. The number of carbonyl (C=O) groups excluding carboxylic acids is 1. The first kappa shape index (κ1) is 17.1. The third-order valence-electron chi connectivity index (χ3n) is 3.32. The molecule has 1 aromatic rings. The van der Waals surface area contributed by atoms with Crippen molar-refractivity contribution in [2.75, 3.05) is 20.1 Å². The predicted octanol–water partition coefficient (Wildman–Crippen LogP) is 2.86. The van der Waals surface area contributed by atoms with Gasteiger partial charge in [0.25, 0.3) is 5.91 Å². The zero-order valence-corrected chi connectivity index (χ0v) is 12.5. The van der Waals surface area contributed by atoms with Crippen molar-refractivity contribution >= 4 is 29.9 Å². The highest BCUT2D eigenvalue weighted by Gasteiger charge is 2.30. The Labute approximate surface area is 127 Å². The quantitative estimate of drug-likeness (QED) is 0.867. The van der Waals surface area contributed by atoms with Crippen molar-refractivity contribution in [3.8, 4) is 0 Å². The molecule has 1 aliphatic heterocycles. The van der Waals surface area contributed by atoms with Crippen molar-refractivity contribution < 1.29 is 13.6 Å². The first-order valence-corrected chi connectivity index (χ1v) is 6.52. The molecule has 112 valence electrons. The van der Waals surface area contributed by atoms with Crippen LogP contribution in [0.4, 0.5) is 8.78 Å². The number of carbonyl (C=O) groups is 1. The van der Waals surface area contributed by atoms with Gasteiger partial charge in [-0.2, -0.15) is 0 Å². The molecule has 1 atom stereocenters. The van der Waals surface area contributed by atoms with Crippen LogP contribution >= 0.6 is 24.0 Å². The average Bonchev–Trinajstić information content (AvgIpc) is 2.82. The standard InChI is InChI=1S/C13H15ClF2N2O.ClH/c1-17-7-8-3-2-4-18(8)13(19)9-5-12(16)10(14)6-11(9)15;/h5-6,8,17H,2-4,7H2,1H3;1H. The molecule has 0 aromatic heterocycles. The monoisotopic (exact) mass is 324 g/mol. The van der Waals surface area contributed by atoms with Crippen molar-refractivity contribution in [1.29, 1.82) is 0 Å². The van der Waals surface area contributed by atoms with Gasteiger partial charge in [-0.25, -0.2) is 8.78 Å². The molecule has 1 heterocycles. The van der Waals surface area contributed by atoms with Crippen LogP contribution in [0.25, 0.3) is 0 Å². The van der Waals surface area contributed by atoms with Gasteiger partial charge in [0.05, 0.1) is 10.6 Å². The second-order valence-corrected chi connectivity index (χ2v) is 5.01. The van der Waals surface area contributed by atoms with E-state index in [-0.39, 0.29) is 29.0 Å². The largest absolute Gasteiger partial charge is 0.334 e. The van der Waals surface area contributed by atoms with E-state index in [0.29, 0.717) is 13.1 Å². The fourth-order valence-corrected chi connectivity index (χ4v) is 2.54. The Balaban J connectivity index is 0.00000200. The number of benzene rings is 1. The lowest BCUT2D eigenvalue weighted by Gasteiger charge is -2.24. The molecule has 7 heteroatoms. The van der Waals surface area contributed by atoms with E-state index in [2.05, 4.69) is 5.32 Å². The van der Waals surface area contributed by atoms with Gasteiger partial charge < -0.3 is 10.2 Å². The summed E-state index contributed by atoms with van der Waals surface area (Å²) in [5.41, 5.74) is -0.259. The molecule has 1 aliphatic rings. The van der Waals surface area contributed by atoms with Crippen LogP contribution < -0.4 is 5.32 Å². The van der Waals surface area contributed by atoms with Gasteiger partial charge in [-0.05, 0) is 32.0 Å². The minimum absolute atomic E-state index is 0. The molecule has 0 spiro atoms. The zero-order valence-electron chi connectivity index (χ0n) is 11.0.